The van der Waals surface area contributed by atoms with Crippen molar-refractivity contribution in [2.45, 2.75) is 110 Å². The van der Waals surface area contributed by atoms with Gasteiger partial charge in [0.05, 0.1) is 12.2 Å². The average Bonchev–Trinajstić information content (AvgIpc) is 2.70. The second-order valence-electron chi connectivity index (χ2n) is 11.1. The van der Waals surface area contributed by atoms with E-state index in [4.69, 9.17) is 9.47 Å². The van der Waals surface area contributed by atoms with Crippen molar-refractivity contribution in [1.29, 1.82) is 0 Å². The predicted octanol–water partition coefficient (Wildman–Crippen LogP) is 7.51. The SMILES string of the molecule is CCCCCCC(C)(C)c1cc2c(c3c1C(=O)CCO3)C1C=C(C)CCC1C(C)(C)O2. The molecule has 0 saturated heterocycles. The Bertz CT molecular complexity index is 890. The highest BCUT2D eigenvalue weighted by Gasteiger charge is 2.47. The first kappa shape index (κ1) is 22.4. The van der Waals surface area contributed by atoms with E-state index >= 15 is 0 Å². The Kier molecular flexibility index (Phi) is 6.00. The van der Waals surface area contributed by atoms with Gasteiger partial charge in [-0.15, -0.1) is 0 Å². The standard InChI is InChI=1S/C28H40O3/c1-7-8-9-10-14-27(3,4)21-17-23-24(26-25(21)22(29)13-15-30-26)19-16-18(2)11-12-20(19)28(5,6)31-23/h16-17,19-20H,7-15H2,1-6H3. The summed E-state index contributed by atoms with van der Waals surface area (Å²) in [7, 11) is 0. The van der Waals surface area contributed by atoms with Crippen LogP contribution in [0.1, 0.15) is 120 Å². The third-order valence-electron chi connectivity index (χ3n) is 7.87. The third-order valence-corrected chi connectivity index (χ3v) is 7.87. The highest BCUT2D eigenvalue weighted by Crippen LogP contribution is 2.56. The quantitative estimate of drug-likeness (QED) is 0.350. The number of ether oxygens (including phenoxy) is 2. The summed E-state index contributed by atoms with van der Waals surface area (Å²) >= 11 is 0. The normalized spacial score (nSPS) is 24.3. The van der Waals surface area contributed by atoms with Gasteiger partial charge < -0.3 is 9.47 Å². The lowest BCUT2D eigenvalue weighted by Gasteiger charge is -2.47. The minimum Gasteiger partial charge on any atom is -0.492 e. The van der Waals surface area contributed by atoms with E-state index in [0.717, 1.165) is 47.5 Å². The number of carbonyl (C=O) groups is 1. The van der Waals surface area contributed by atoms with Crippen LogP contribution in [0, 0.1) is 5.92 Å². The molecular formula is C28H40O3. The highest BCUT2D eigenvalue weighted by atomic mass is 16.5. The Balaban J connectivity index is 1.85. The van der Waals surface area contributed by atoms with E-state index in [-0.39, 0.29) is 22.7 Å². The Morgan fingerprint density at radius 2 is 1.94 bits per heavy atom. The number of carbonyl (C=O) groups excluding carboxylic acids is 1. The maximum atomic E-state index is 13.2. The van der Waals surface area contributed by atoms with Gasteiger partial charge in [0, 0.05) is 23.8 Å². The molecule has 2 aliphatic heterocycles. The molecule has 2 unspecified atom stereocenters. The van der Waals surface area contributed by atoms with Crippen LogP contribution in [0.3, 0.4) is 0 Å². The van der Waals surface area contributed by atoms with Crippen LogP contribution in [0.15, 0.2) is 17.7 Å². The second kappa shape index (κ2) is 8.30. The number of hydrogen-bond acceptors (Lipinski definition) is 3. The van der Waals surface area contributed by atoms with Gasteiger partial charge >= 0.3 is 0 Å². The van der Waals surface area contributed by atoms with Crippen LogP contribution in [0.2, 0.25) is 0 Å². The number of Topliss-reactive ketones (excluding diaryl/α,β-unsaturated/α-hetero) is 1. The van der Waals surface area contributed by atoms with Crippen LogP contribution in [-0.4, -0.2) is 18.0 Å². The lowest BCUT2D eigenvalue weighted by molar-refractivity contribution is 0.0101. The summed E-state index contributed by atoms with van der Waals surface area (Å²) in [6.07, 6.45) is 11.1. The van der Waals surface area contributed by atoms with E-state index in [1.165, 1.54) is 31.3 Å². The molecule has 0 radical (unpaired) electrons. The Hall–Kier alpha value is -1.77. The maximum absolute atomic E-state index is 13.2. The second-order valence-corrected chi connectivity index (χ2v) is 11.1. The number of rotatable bonds is 6. The van der Waals surface area contributed by atoms with Crippen molar-refractivity contribution in [3.63, 3.8) is 0 Å². The molecule has 3 nitrogen and oxygen atoms in total. The van der Waals surface area contributed by atoms with Crippen LogP contribution in [0.4, 0.5) is 0 Å². The smallest absolute Gasteiger partial charge is 0.170 e. The zero-order valence-corrected chi connectivity index (χ0v) is 20.4. The zero-order valence-electron chi connectivity index (χ0n) is 20.4. The van der Waals surface area contributed by atoms with Gasteiger partial charge in [0.2, 0.25) is 0 Å². The Morgan fingerprint density at radius 3 is 2.68 bits per heavy atom. The van der Waals surface area contributed by atoms with Crippen molar-refractivity contribution in [2.75, 3.05) is 6.61 Å². The summed E-state index contributed by atoms with van der Waals surface area (Å²) < 4.78 is 13.0. The van der Waals surface area contributed by atoms with Crippen molar-refractivity contribution in [1.82, 2.24) is 0 Å². The summed E-state index contributed by atoms with van der Waals surface area (Å²) in [5.74, 6) is 2.65. The molecule has 1 aromatic rings. The highest BCUT2D eigenvalue weighted by molar-refractivity contribution is 6.02. The monoisotopic (exact) mass is 424 g/mol. The first-order valence-corrected chi connectivity index (χ1v) is 12.4. The minimum absolute atomic E-state index is 0.0914. The minimum atomic E-state index is -0.232. The molecule has 31 heavy (non-hydrogen) atoms. The molecule has 0 saturated carbocycles. The molecule has 0 spiro atoms. The van der Waals surface area contributed by atoms with Crippen molar-refractivity contribution >= 4 is 5.78 Å². The summed E-state index contributed by atoms with van der Waals surface area (Å²) in [4.78, 5) is 13.2. The van der Waals surface area contributed by atoms with E-state index in [1.807, 2.05) is 0 Å². The molecule has 4 rings (SSSR count). The van der Waals surface area contributed by atoms with Crippen LogP contribution >= 0.6 is 0 Å². The van der Waals surface area contributed by atoms with Crippen molar-refractivity contribution in [3.8, 4) is 11.5 Å². The van der Waals surface area contributed by atoms with Crippen LogP contribution in [0.5, 0.6) is 11.5 Å². The average molecular weight is 425 g/mol. The fourth-order valence-electron chi connectivity index (χ4n) is 6.00. The van der Waals surface area contributed by atoms with Gasteiger partial charge in [0.15, 0.2) is 5.78 Å². The van der Waals surface area contributed by atoms with Gasteiger partial charge in [-0.05, 0) is 57.1 Å². The molecule has 0 amide bonds. The molecule has 2 heterocycles. The molecule has 3 aliphatic rings. The third kappa shape index (κ3) is 4.05. The summed E-state index contributed by atoms with van der Waals surface area (Å²) in [5, 5.41) is 0. The van der Waals surface area contributed by atoms with Crippen LogP contribution in [-0.2, 0) is 5.41 Å². The van der Waals surface area contributed by atoms with Gasteiger partial charge in [0.1, 0.15) is 17.1 Å². The van der Waals surface area contributed by atoms with Crippen molar-refractivity contribution < 1.29 is 14.3 Å². The molecule has 1 aliphatic carbocycles. The molecule has 0 fully saturated rings. The fourth-order valence-corrected chi connectivity index (χ4v) is 6.00. The summed E-state index contributed by atoms with van der Waals surface area (Å²) in [6.45, 7) is 14.0. The fraction of sp³-hybridized carbons (Fsp3) is 0.679. The molecule has 0 aromatic heterocycles. The molecule has 3 heteroatoms. The number of allylic oxidation sites excluding steroid dienone is 2. The first-order valence-electron chi connectivity index (χ1n) is 12.4. The van der Waals surface area contributed by atoms with E-state index in [9.17, 15) is 4.79 Å². The zero-order chi connectivity index (χ0) is 22.4. The van der Waals surface area contributed by atoms with Gasteiger partial charge in [-0.3, -0.25) is 4.79 Å². The molecular weight excluding hydrogens is 384 g/mol. The lowest BCUT2D eigenvalue weighted by Crippen LogP contribution is -2.45. The topological polar surface area (TPSA) is 35.5 Å². The number of fused-ring (bicyclic) bond motifs is 5. The molecule has 2 atom stereocenters. The lowest BCUT2D eigenvalue weighted by atomic mass is 9.66. The van der Waals surface area contributed by atoms with E-state index in [1.54, 1.807) is 0 Å². The van der Waals surface area contributed by atoms with Gasteiger partial charge in [-0.2, -0.15) is 0 Å². The summed E-state index contributed by atoms with van der Waals surface area (Å²) in [5.41, 5.74) is 4.19. The Labute approximate surface area is 188 Å². The Morgan fingerprint density at radius 1 is 1.16 bits per heavy atom. The van der Waals surface area contributed by atoms with Gasteiger partial charge in [-0.1, -0.05) is 58.1 Å². The van der Waals surface area contributed by atoms with Gasteiger partial charge in [0.25, 0.3) is 0 Å². The van der Waals surface area contributed by atoms with Crippen LogP contribution in [0.25, 0.3) is 0 Å². The van der Waals surface area contributed by atoms with Gasteiger partial charge in [-0.25, -0.2) is 0 Å². The largest absolute Gasteiger partial charge is 0.492 e. The number of ketones is 1. The summed E-state index contributed by atoms with van der Waals surface area (Å²) in [6, 6.07) is 2.20. The number of benzene rings is 1. The van der Waals surface area contributed by atoms with Crippen molar-refractivity contribution in [2.24, 2.45) is 5.92 Å². The number of unbranched alkanes of at least 4 members (excludes halogenated alkanes) is 3. The van der Waals surface area contributed by atoms with Crippen LogP contribution < -0.4 is 9.47 Å². The number of hydrogen-bond donors (Lipinski definition) is 0. The molecule has 0 bridgehead atoms. The molecule has 0 N–H and O–H groups in total. The molecule has 170 valence electrons. The first-order chi connectivity index (χ1) is 14.7. The molecule has 1 aromatic carbocycles. The van der Waals surface area contributed by atoms with E-state index in [2.05, 4.69) is 53.7 Å². The predicted molar refractivity (Wildman–Crippen MR) is 127 cm³/mol. The van der Waals surface area contributed by atoms with E-state index in [0.29, 0.717) is 18.9 Å². The van der Waals surface area contributed by atoms with E-state index < -0.39 is 0 Å². The maximum Gasteiger partial charge on any atom is 0.170 e. The van der Waals surface area contributed by atoms with Crippen molar-refractivity contribution in [3.05, 3.63) is 34.4 Å².